The molecule has 1 saturated heterocycles. The summed E-state index contributed by atoms with van der Waals surface area (Å²) in [5.74, 6) is -1.64. The highest BCUT2D eigenvalue weighted by Crippen LogP contribution is 2.24. The topological polar surface area (TPSA) is 75.4 Å². The van der Waals surface area contributed by atoms with Crippen LogP contribution in [0.25, 0.3) is 5.69 Å². The maximum Gasteiger partial charge on any atom is 0.303 e. The van der Waals surface area contributed by atoms with Gasteiger partial charge in [-0.15, -0.1) is 0 Å². The normalized spacial score (nSPS) is 17.5. The maximum atomic E-state index is 14.4. The summed E-state index contributed by atoms with van der Waals surface area (Å²) < 4.78 is 15.8. The quantitative estimate of drug-likeness (QED) is 0.904. The van der Waals surface area contributed by atoms with Crippen molar-refractivity contribution >= 4 is 11.9 Å². The Labute approximate surface area is 144 Å². The molecule has 1 fully saturated rings. The lowest BCUT2D eigenvalue weighted by Gasteiger charge is -2.35. The van der Waals surface area contributed by atoms with Crippen molar-refractivity contribution in [2.45, 2.75) is 38.1 Å². The molecule has 132 valence electrons. The number of nitrogens with zero attached hydrogens (tertiary/aromatic N) is 3. The lowest BCUT2D eigenvalue weighted by molar-refractivity contribution is -0.137. The maximum absolute atomic E-state index is 14.4. The van der Waals surface area contributed by atoms with Crippen molar-refractivity contribution in [3.8, 4) is 5.69 Å². The largest absolute Gasteiger partial charge is 0.481 e. The Balaban J connectivity index is 1.79. The minimum Gasteiger partial charge on any atom is -0.481 e. The van der Waals surface area contributed by atoms with Crippen molar-refractivity contribution in [3.63, 3.8) is 0 Å². The minimum atomic E-state index is -0.868. The number of rotatable bonds is 5. The summed E-state index contributed by atoms with van der Waals surface area (Å²) in [6, 6.07) is 5.93. The molecule has 6 nitrogen and oxygen atoms in total. The lowest BCUT2D eigenvalue weighted by atomic mass is 9.97. The van der Waals surface area contributed by atoms with E-state index in [1.807, 2.05) is 0 Å². The van der Waals surface area contributed by atoms with E-state index in [1.54, 1.807) is 29.4 Å². The third-order valence-corrected chi connectivity index (χ3v) is 4.53. The van der Waals surface area contributed by atoms with Gasteiger partial charge in [0, 0.05) is 37.0 Å². The minimum absolute atomic E-state index is 0.0288. The number of carbonyl (C=O) groups excluding carboxylic acids is 1. The Bertz CT molecular complexity index is 761. The highest BCUT2D eigenvalue weighted by Gasteiger charge is 2.28. The van der Waals surface area contributed by atoms with Gasteiger partial charge in [0.05, 0.1) is 0 Å². The summed E-state index contributed by atoms with van der Waals surface area (Å²) in [5.41, 5.74) is 0.554. The number of aliphatic carboxylic acids is 1. The smallest absolute Gasteiger partial charge is 0.303 e. The molecule has 1 atom stereocenters. The number of piperidine rings is 1. The van der Waals surface area contributed by atoms with Gasteiger partial charge < -0.3 is 10.0 Å². The van der Waals surface area contributed by atoms with Crippen molar-refractivity contribution in [2.75, 3.05) is 6.54 Å². The Morgan fingerprint density at radius 2 is 2.16 bits per heavy atom. The molecule has 1 aliphatic heterocycles. The second-order valence-electron chi connectivity index (χ2n) is 6.20. The van der Waals surface area contributed by atoms with Gasteiger partial charge in [0.1, 0.15) is 11.5 Å². The molecule has 0 aliphatic carbocycles. The van der Waals surface area contributed by atoms with Gasteiger partial charge in [-0.3, -0.25) is 9.59 Å². The van der Waals surface area contributed by atoms with E-state index in [2.05, 4.69) is 5.10 Å². The lowest BCUT2D eigenvalue weighted by Crippen LogP contribution is -2.44. The van der Waals surface area contributed by atoms with E-state index in [0.29, 0.717) is 13.0 Å². The molecule has 7 heteroatoms. The molecular weight excluding hydrogens is 325 g/mol. The first-order valence-electron chi connectivity index (χ1n) is 8.38. The summed E-state index contributed by atoms with van der Waals surface area (Å²) in [4.78, 5) is 25.3. The number of benzene rings is 1. The third kappa shape index (κ3) is 3.87. The molecule has 1 aromatic carbocycles. The van der Waals surface area contributed by atoms with Crippen LogP contribution in [-0.4, -0.2) is 44.3 Å². The van der Waals surface area contributed by atoms with Crippen LogP contribution in [0.5, 0.6) is 0 Å². The highest BCUT2D eigenvalue weighted by molar-refractivity contribution is 5.94. The SMILES string of the molecule is O=C(O)CC[C@@H]1CCCCN1C(=O)c1ccc(-n2cccn2)c(F)c1. The average molecular weight is 345 g/mol. The van der Waals surface area contributed by atoms with E-state index in [-0.39, 0.29) is 29.6 Å². The van der Waals surface area contributed by atoms with Crippen LogP contribution in [0.3, 0.4) is 0 Å². The first-order chi connectivity index (χ1) is 12.1. The zero-order chi connectivity index (χ0) is 17.8. The molecule has 0 spiro atoms. The molecule has 0 unspecified atom stereocenters. The van der Waals surface area contributed by atoms with Gasteiger partial charge in [-0.05, 0) is 49.9 Å². The fourth-order valence-electron chi connectivity index (χ4n) is 3.26. The van der Waals surface area contributed by atoms with Crippen molar-refractivity contribution < 1.29 is 19.1 Å². The van der Waals surface area contributed by atoms with Crippen molar-refractivity contribution in [1.82, 2.24) is 14.7 Å². The van der Waals surface area contributed by atoms with Crippen LogP contribution < -0.4 is 0 Å². The molecule has 2 heterocycles. The van der Waals surface area contributed by atoms with Crippen LogP contribution in [0.1, 0.15) is 42.5 Å². The predicted molar refractivity (Wildman–Crippen MR) is 89.1 cm³/mol. The van der Waals surface area contributed by atoms with Gasteiger partial charge in [-0.25, -0.2) is 9.07 Å². The number of likely N-dealkylation sites (tertiary alicyclic amines) is 1. The van der Waals surface area contributed by atoms with E-state index in [0.717, 1.165) is 19.3 Å². The molecular formula is C18H20FN3O3. The number of hydrogen-bond acceptors (Lipinski definition) is 3. The van der Waals surface area contributed by atoms with Crippen molar-refractivity contribution in [3.05, 3.63) is 48.0 Å². The fourth-order valence-corrected chi connectivity index (χ4v) is 3.26. The Morgan fingerprint density at radius 1 is 1.32 bits per heavy atom. The molecule has 0 radical (unpaired) electrons. The number of carboxylic acids is 1. The molecule has 25 heavy (non-hydrogen) atoms. The van der Waals surface area contributed by atoms with Crippen LogP contribution in [-0.2, 0) is 4.79 Å². The summed E-state index contributed by atoms with van der Waals surface area (Å²) in [5, 5.41) is 12.9. The van der Waals surface area contributed by atoms with Crippen LogP contribution in [0, 0.1) is 5.82 Å². The first kappa shape index (κ1) is 17.1. The molecule has 1 N–H and O–H groups in total. The third-order valence-electron chi connectivity index (χ3n) is 4.53. The number of halogens is 1. The Kier molecular flexibility index (Phi) is 5.11. The molecule has 1 aromatic heterocycles. The zero-order valence-electron chi connectivity index (χ0n) is 13.8. The predicted octanol–water partition coefficient (Wildman–Crippen LogP) is 2.87. The Morgan fingerprint density at radius 3 is 2.84 bits per heavy atom. The molecule has 1 aliphatic rings. The van der Waals surface area contributed by atoms with Crippen molar-refractivity contribution in [1.29, 1.82) is 0 Å². The molecule has 3 rings (SSSR count). The van der Waals surface area contributed by atoms with Gasteiger partial charge in [0.2, 0.25) is 0 Å². The number of hydrogen-bond donors (Lipinski definition) is 1. The molecule has 1 amide bonds. The van der Waals surface area contributed by atoms with Crippen LogP contribution >= 0.6 is 0 Å². The summed E-state index contributed by atoms with van der Waals surface area (Å²) in [6.45, 7) is 0.575. The zero-order valence-corrected chi connectivity index (χ0v) is 13.8. The number of carboxylic acid groups (broad SMARTS) is 1. The average Bonchev–Trinajstić information content (AvgIpc) is 3.13. The second-order valence-corrected chi connectivity index (χ2v) is 6.20. The summed E-state index contributed by atoms with van der Waals surface area (Å²) in [6.07, 6.45) is 6.28. The summed E-state index contributed by atoms with van der Waals surface area (Å²) in [7, 11) is 0. The standard InChI is InChI=1S/C18H20FN3O3/c19-15-12-13(5-7-16(15)22-11-3-9-20-22)18(25)21-10-2-1-4-14(21)6-8-17(23)24/h3,5,7,9,11-12,14H,1-2,4,6,8,10H2,(H,23,24)/t14-/m0/s1. The van der Waals surface area contributed by atoms with Gasteiger partial charge >= 0.3 is 5.97 Å². The van der Waals surface area contributed by atoms with Crippen LogP contribution in [0.15, 0.2) is 36.7 Å². The van der Waals surface area contributed by atoms with Crippen LogP contribution in [0.4, 0.5) is 4.39 Å². The van der Waals surface area contributed by atoms with Gasteiger partial charge in [0.15, 0.2) is 0 Å². The van der Waals surface area contributed by atoms with E-state index in [1.165, 1.54) is 16.8 Å². The van der Waals surface area contributed by atoms with Crippen molar-refractivity contribution in [2.24, 2.45) is 0 Å². The van der Waals surface area contributed by atoms with E-state index in [4.69, 9.17) is 5.11 Å². The van der Waals surface area contributed by atoms with E-state index in [9.17, 15) is 14.0 Å². The van der Waals surface area contributed by atoms with Gasteiger partial charge in [-0.1, -0.05) is 0 Å². The molecule has 0 saturated carbocycles. The van der Waals surface area contributed by atoms with E-state index >= 15 is 0 Å². The molecule has 2 aromatic rings. The first-order valence-corrected chi connectivity index (χ1v) is 8.38. The fraction of sp³-hybridized carbons (Fsp3) is 0.389. The number of aromatic nitrogens is 2. The van der Waals surface area contributed by atoms with Gasteiger partial charge in [0.25, 0.3) is 5.91 Å². The Hall–Kier alpha value is -2.70. The monoisotopic (exact) mass is 345 g/mol. The van der Waals surface area contributed by atoms with Crippen LogP contribution in [0.2, 0.25) is 0 Å². The molecule has 0 bridgehead atoms. The van der Waals surface area contributed by atoms with E-state index < -0.39 is 11.8 Å². The second kappa shape index (κ2) is 7.46. The summed E-state index contributed by atoms with van der Waals surface area (Å²) >= 11 is 0. The van der Waals surface area contributed by atoms with Gasteiger partial charge in [-0.2, -0.15) is 5.10 Å². The highest BCUT2D eigenvalue weighted by atomic mass is 19.1. The number of carbonyl (C=O) groups is 2. The number of amides is 1.